The minimum atomic E-state index is 0. The minimum absolute atomic E-state index is 0. The van der Waals surface area contributed by atoms with Gasteiger partial charge in [0.25, 0.3) is 0 Å². The Morgan fingerprint density at radius 1 is 1.78 bits per heavy atom. The van der Waals surface area contributed by atoms with E-state index in [0.29, 0.717) is 0 Å². The van der Waals surface area contributed by atoms with Gasteiger partial charge in [-0.15, -0.1) is 5.69 Å². The Morgan fingerprint density at radius 3 is 2.67 bits per heavy atom. The quantitative estimate of drug-likeness (QED) is 0.653. The second-order valence-electron chi connectivity index (χ2n) is 1.70. The molecule has 0 aliphatic rings. The van der Waals surface area contributed by atoms with Gasteiger partial charge in [-0.05, 0) is 0 Å². The van der Waals surface area contributed by atoms with Gasteiger partial charge in [0.15, 0.2) is 0 Å². The molecule has 0 aromatic carbocycles. The third kappa shape index (κ3) is 2.46. The topological polar surface area (TPSA) is 15.8 Å². The van der Waals surface area contributed by atoms with Crippen molar-refractivity contribution in [3.05, 3.63) is 30.1 Å². The zero-order valence-electron chi connectivity index (χ0n) is 5.31. The Morgan fingerprint density at radius 2 is 2.44 bits per heavy atom. The van der Waals surface area contributed by atoms with Crippen molar-refractivity contribution in [2.45, 2.75) is 6.92 Å². The van der Waals surface area contributed by atoms with Gasteiger partial charge in [0, 0.05) is 32.7 Å². The fourth-order valence-corrected chi connectivity index (χ4v) is 0.566. The molecule has 2 heteroatoms. The third-order valence-electron chi connectivity index (χ3n) is 0.956. The van der Waals surface area contributed by atoms with Crippen LogP contribution in [0.25, 0.3) is 6.08 Å². The summed E-state index contributed by atoms with van der Waals surface area (Å²) in [7, 11) is 0. The fraction of sp³-hybridized carbons (Fsp3) is 0.143. The normalized spacial score (nSPS) is 8.11. The van der Waals surface area contributed by atoms with E-state index in [9.17, 15) is 0 Å². The Bertz CT molecular complexity index is 191. The summed E-state index contributed by atoms with van der Waals surface area (Å²) in [6.45, 7) is 7.15. The van der Waals surface area contributed by atoms with E-state index in [4.69, 9.17) is 6.58 Å². The van der Waals surface area contributed by atoms with Gasteiger partial charge in [0.1, 0.15) is 0 Å². The molecule has 1 N–H and O–H groups in total. The Kier molecular flexibility index (Phi) is 4.08. The van der Waals surface area contributed by atoms with E-state index in [0.717, 1.165) is 11.3 Å². The van der Waals surface area contributed by atoms with E-state index in [1.54, 1.807) is 0 Å². The molecule has 0 aliphatic carbocycles. The molecule has 0 atom stereocenters. The number of hydrogen-bond acceptors (Lipinski definition) is 0. The number of aromatic nitrogens is 1. The van der Waals surface area contributed by atoms with E-state index in [-0.39, 0.29) is 32.7 Å². The smallest absolute Gasteiger partial charge is 0 e. The maximum atomic E-state index is 5.19. The van der Waals surface area contributed by atoms with Gasteiger partial charge in [-0.2, -0.15) is 6.20 Å². The summed E-state index contributed by atoms with van der Waals surface area (Å²) >= 11 is 0. The van der Waals surface area contributed by atoms with E-state index in [2.05, 4.69) is 11.2 Å². The van der Waals surface area contributed by atoms with Crippen LogP contribution >= 0.6 is 0 Å². The molecule has 0 amide bonds. The van der Waals surface area contributed by atoms with Gasteiger partial charge in [-0.3, -0.25) is 5.56 Å². The summed E-state index contributed by atoms with van der Waals surface area (Å²) in [5.41, 5.74) is 2.00. The molecule has 1 rings (SSSR count). The van der Waals surface area contributed by atoms with Crippen LogP contribution in [0.4, 0.5) is 0 Å². The standard InChI is InChI=1S/C7H7N.Y/c1-3-7-4-6(2)8-5-7;/h1,3-4,8H,2H3;/q-2;. The number of H-pyrrole nitrogens is 1. The van der Waals surface area contributed by atoms with Gasteiger partial charge in [0.2, 0.25) is 0 Å². The van der Waals surface area contributed by atoms with Gasteiger partial charge in [-0.1, -0.05) is 6.92 Å². The molecule has 1 aromatic heterocycles. The van der Waals surface area contributed by atoms with Crippen LogP contribution in [-0.4, -0.2) is 4.98 Å². The van der Waals surface area contributed by atoms with Gasteiger partial charge >= 0.3 is 0 Å². The monoisotopic (exact) mass is 194 g/mol. The molecule has 9 heavy (non-hydrogen) atoms. The van der Waals surface area contributed by atoms with Gasteiger partial charge in [-0.25, -0.2) is 6.07 Å². The molecule has 45 valence electrons. The number of rotatable bonds is 1. The van der Waals surface area contributed by atoms with Crippen LogP contribution in [0, 0.1) is 19.7 Å². The van der Waals surface area contributed by atoms with Crippen molar-refractivity contribution in [2.75, 3.05) is 0 Å². The van der Waals surface area contributed by atoms with Crippen LogP contribution in [0.15, 0.2) is 6.07 Å². The second kappa shape index (κ2) is 4.02. The van der Waals surface area contributed by atoms with Crippen LogP contribution in [0.3, 0.4) is 0 Å². The summed E-state index contributed by atoms with van der Waals surface area (Å²) in [5.74, 6) is 0. The van der Waals surface area contributed by atoms with Crippen LogP contribution in [-0.2, 0) is 32.7 Å². The molecule has 1 nitrogen and oxygen atoms in total. The molecule has 0 aliphatic heterocycles. The van der Waals surface area contributed by atoms with Crippen molar-refractivity contribution in [1.29, 1.82) is 0 Å². The molecule has 1 aromatic rings. The van der Waals surface area contributed by atoms with Crippen LogP contribution in [0.1, 0.15) is 11.3 Å². The molecule has 0 spiro atoms. The van der Waals surface area contributed by atoms with E-state index < -0.39 is 0 Å². The summed E-state index contributed by atoms with van der Waals surface area (Å²) in [4.78, 5) is 2.88. The van der Waals surface area contributed by atoms with Crippen molar-refractivity contribution in [3.63, 3.8) is 0 Å². The second-order valence-corrected chi connectivity index (χ2v) is 1.70. The maximum absolute atomic E-state index is 5.19. The van der Waals surface area contributed by atoms with Crippen LogP contribution in [0.2, 0.25) is 0 Å². The molecule has 1 heterocycles. The number of aryl methyl sites for hydroxylation is 1. The SMILES string of the molecule is [CH-]=Cc1[c-][nH]c(C)c1.[Y]. The zero-order chi connectivity index (χ0) is 5.98. The summed E-state index contributed by atoms with van der Waals surface area (Å²) in [6, 6.07) is 1.93. The van der Waals surface area contributed by atoms with Gasteiger partial charge < -0.3 is 17.6 Å². The van der Waals surface area contributed by atoms with E-state index >= 15 is 0 Å². The summed E-state index contributed by atoms with van der Waals surface area (Å²) in [6.07, 6.45) is 4.37. The van der Waals surface area contributed by atoms with Crippen molar-refractivity contribution in [1.82, 2.24) is 4.98 Å². The fourth-order valence-electron chi connectivity index (χ4n) is 0.566. The Labute approximate surface area is 80.4 Å². The average Bonchev–Trinajstić information content (AvgIpc) is 2.14. The first kappa shape index (κ1) is 9.12. The molecule has 0 bridgehead atoms. The van der Waals surface area contributed by atoms with Crippen molar-refractivity contribution in [2.24, 2.45) is 0 Å². The van der Waals surface area contributed by atoms with Crippen molar-refractivity contribution in [3.8, 4) is 0 Å². The Hall–Kier alpha value is 0.124. The summed E-state index contributed by atoms with van der Waals surface area (Å²) < 4.78 is 0. The molecular formula is C7H7NY-2. The van der Waals surface area contributed by atoms with E-state index in [1.807, 2.05) is 13.0 Å². The number of aromatic amines is 1. The largest absolute Gasteiger partial charge is 0.469 e. The van der Waals surface area contributed by atoms with E-state index in [1.165, 1.54) is 6.08 Å². The van der Waals surface area contributed by atoms with Gasteiger partial charge in [0.05, 0.1) is 0 Å². The predicted molar refractivity (Wildman–Crippen MR) is 33.1 cm³/mol. The first-order valence-electron chi connectivity index (χ1n) is 2.45. The predicted octanol–water partition coefficient (Wildman–Crippen LogP) is 1.57. The first-order valence-corrected chi connectivity index (χ1v) is 2.45. The van der Waals surface area contributed by atoms with Crippen LogP contribution in [0.5, 0.6) is 0 Å². The average molecular weight is 194 g/mol. The van der Waals surface area contributed by atoms with Crippen LogP contribution < -0.4 is 0 Å². The molecule has 0 fully saturated rings. The van der Waals surface area contributed by atoms with Crippen molar-refractivity contribution >= 4 is 6.08 Å². The summed E-state index contributed by atoms with van der Waals surface area (Å²) in [5, 5.41) is 0. The zero-order valence-corrected chi connectivity index (χ0v) is 8.15. The number of nitrogens with one attached hydrogen (secondary N) is 1. The van der Waals surface area contributed by atoms with Crippen molar-refractivity contribution < 1.29 is 32.7 Å². The molecule has 1 radical (unpaired) electrons. The molecule has 0 saturated heterocycles. The number of hydrogen-bond donors (Lipinski definition) is 1. The first-order chi connectivity index (χ1) is 3.83. The maximum Gasteiger partial charge on any atom is 0 e. The molecular weight excluding hydrogens is 187 g/mol. The third-order valence-corrected chi connectivity index (χ3v) is 0.956. The molecule has 0 unspecified atom stereocenters. The molecule has 0 saturated carbocycles. The Balaban J connectivity index is 0.000000640. The minimum Gasteiger partial charge on any atom is -0.469 e.